The maximum atomic E-state index is 12.3. The summed E-state index contributed by atoms with van der Waals surface area (Å²) in [5, 5.41) is 16.8. The van der Waals surface area contributed by atoms with Gasteiger partial charge in [-0.1, -0.05) is 45.0 Å². The molecule has 1 aromatic rings. The Kier molecular flexibility index (Phi) is 11.0. The highest BCUT2D eigenvalue weighted by Crippen LogP contribution is 2.23. The van der Waals surface area contributed by atoms with E-state index in [1.807, 2.05) is 24.0 Å². The molecule has 29 heavy (non-hydrogen) atoms. The van der Waals surface area contributed by atoms with Gasteiger partial charge in [0, 0.05) is 26.2 Å². The first-order valence-electron chi connectivity index (χ1n) is 10.4. The van der Waals surface area contributed by atoms with Gasteiger partial charge in [-0.05, 0) is 42.7 Å². The van der Waals surface area contributed by atoms with E-state index in [0.717, 1.165) is 31.5 Å². The van der Waals surface area contributed by atoms with Crippen LogP contribution in [0.3, 0.4) is 0 Å². The lowest BCUT2D eigenvalue weighted by atomic mass is 9.86. The molecule has 1 aliphatic rings. The fraction of sp³-hybridized carbons (Fsp3) is 0.636. The van der Waals surface area contributed by atoms with Gasteiger partial charge in [0.2, 0.25) is 5.91 Å². The van der Waals surface area contributed by atoms with E-state index in [0.29, 0.717) is 19.0 Å². The molecule has 0 aromatic heterocycles. The number of guanidine groups is 1. The minimum atomic E-state index is -0.643. The molecule has 164 valence electrons. The molecule has 1 aliphatic heterocycles. The third-order valence-corrected chi connectivity index (χ3v) is 5.05. The number of aliphatic imine (C=N–C) groups is 1. The third kappa shape index (κ3) is 8.50. The van der Waals surface area contributed by atoms with E-state index in [9.17, 15) is 9.90 Å². The van der Waals surface area contributed by atoms with Crippen LogP contribution in [0.15, 0.2) is 29.3 Å². The van der Waals surface area contributed by atoms with Gasteiger partial charge in [-0.25, -0.2) is 4.99 Å². The lowest BCUT2D eigenvalue weighted by Crippen LogP contribution is -2.41. The summed E-state index contributed by atoms with van der Waals surface area (Å²) in [6.07, 6.45) is 2.71. The highest BCUT2D eigenvalue weighted by atomic mass is 127. The summed E-state index contributed by atoms with van der Waals surface area (Å²) < 4.78 is 0. The Hall–Kier alpha value is -1.35. The highest BCUT2D eigenvalue weighted by molar-refractivity contribution is 14.0. The van der Waals surface area contributed by atoms with E-state index in [1.165, 1.54) is 12.0 Å². The Bertz CT molecular complexity index is 650. The number of hydrogen-bond donors (Lipinski definition) is 3. The maximum absolute atomic E-state index is 12.3. The van der Waals surface area contributed by atoms with Crippen molar-refractivity contribution in [2.75, 3.05) is 32.7 Å². The number of aliphatic hydroxyl groups excluding tert-OH is 1. The topological polar surface area (TPSA) is 77.0 Å². The summed E-state index contributed by atoms with van der Waals surface area (Å²) in [6, 6.07) is 8.07. The first-order chi connectivity index (χ1) is 13.3. The highest BCUT2D eigenvalue weighted by Gasteiger charge is 2.17. The molecule has 0 spiro atoms. The molecule has 6 nitrogen and oxygen atoms in total. The number of halogens is 1. The normalized spacial score (nSPS) is 16.0. The largest absolute Gasteiger partial charge is 0.387 e. The van der Waals surface area contributed by atoms with Crippen LogP contribution in [0.5, 0.6) is 0 Å². The molecule has 1 amide bonds. The quantitative estimate of drug-likeness (QED) is 0.309. The van der Waals surface area contributed by atoms with Crippen molar-refractivity contribution in [3.63, 3.8) is 0 Å². The van der Waals surface area contributed by atoms with Gasteiger partial charge >= 0.3 is 0 Å². The van der Waals surface area contributed by atoms with Crippen LogP contribution in [0.4, 0.5) is 0 Å². The molecule has 1 heterocycles. The zero-order valence-electron chi connectivity index (χ0n) is 18.2. The van der Waals surface area contributed by atoms with Crippen molar-refractivity contribution in [3.8, 4) is 0 Å². The van der Waals surface area contributed by atoms with Crippen LogP contribution in [-0.4, -0.2) is 54.6 Å². The Labute approximate surface area is 192 Å². The molecule has 1 saturated heterocycles. The van der Waals surface area contributed by atoms with E-state index in [1.54, 1.807) is 0 Å². The van der Waals surface area contributed by atoms with E-state index in [-0.39, 0.29) is 41.8 Å². The van der Waals surface area contributed by atoms with Gasteiger partial charge in [0.1, 0.15) is 6.54 Å². The van der Waals surface area contributed by atoms with Crippen LogP contribution in [0.25, 0.3) is 0 Å². The average Bonchev–Trinajstić information content (AvgIpc) is 2.69. The molecule has 1 unspecified atom stereocenters. The number of nitrogens with zero attached hydrogens (tertiary/aromatic N) is 2. The Morgan fingerprint density at radius 1 is 1.14 bits per heavy atom. The Morgan fingerprint density at radius 2 is 1.76 bits per heavy atom. The standard InChI is InChI=1S/C22H36N4O2.HI/c1-5-23-21(25-16-20(28)26-13-7-6-8-14-26)24-15-19(27)17-9-11-18(12-10-17)22(2,3)4;/h9-12,19,27H,5-8,13-16H2,1-4H3,(H2,23,24,25);1H. The average molecular weight is 516 g/mol. The molecule has 0 saturated carbocycles. The molecular formula is C22H37IN4O2. The van der Waals surface area contributed by atoms with Crippen LogP contribution in [-0.2, 0) is 10.2 Å². The second kappa shape index (κ2) is 12.4. The number of benzene rings is 1. The van der Waals surface area contributed by atoms with E-state index in [2.05, 4.69) is 48.5 Å². The second-order valence-electron chi connectivity index (χ2n) is 8.41. The molecule has 7 heteroatoms. The summed E-state index contributed by atoms with van der Waals surface area (Å²) >= 11 is 0. The van der Waals surface area contributed by atoms with Gasteiger partial charge in [-0.2, -0.15) is 0 Å². The Balaban J connectivity index is 0.00000420. The number of piperidine rings is 1. The molecule has 0 bridgehead atoms. The number of hydrogen-bond acceptors (Lipinski definition) is 3. The first-order valence-corrected chi connectivity index (χ1v) is 10.4. The summed E-state index contributed by atoms with van der Waals surface area (Å²) in [6.45, 7) is 11.3. The summed E-state index contributed by atoms with van der Waals surface area (Å²) in [5.74, 6) is 0.619. The van der Waals surface area contributed by atoms with Crippen LogP contribution in [0.2, 0.25) is 0 Å². The van der Waals surface area contributed by atoms with Crippen molar-refractivity contribution in [3.05, 3.63) is 35.4 Å². The van der Waals surface area contributed by atoms with Crippen molar-refractivity contribution >= 4 is 35.8 Å². The maximum Gasteiger partial charge on any atom is 0.244 e. The molecule has 0 aliphatic carbocycles. The molecular weight excluding hydrogens is 479 g/mol. The number of likely N-dealkylation sites (tertiary alicyclic amines) is 1. The summed E-state index contributed by atoms with van der Waals surface area (Å²) in [5.41, 5.74) is 2.19. The van der Waals surface area contributed by atoms with Crippen molar-refractivity contribution < 1.29 is 9.90 Å². The lowest BCUT2D eigenvalue weighted by Gasteiger charge is -2.26. The molecule has 1 fully saturated rings. The van der Waals surface area contributed by atoms with Gasteiger partial charge in [0.25, 0.3) is 0 Å². The third-order valence-electron chi connectivity index (χ3n) is 5.05. The van der Waals surface area contributed by atoms with Crippen LogP contribution in [0, 0.1) is 0 Å². The fourth-order valence-electron chi connectivity index (χ4n) is 3.25. The van der Waals surface area contributed by atoms with Gasteiger partial charge in [-0.3, -0.25) is 4.79 Å². The summed E-state index contributed by atoms with van der Waals surface area (Å²) in [4.78, 5) is 18.6. The molecule has 1 atom stereocenters. The number of rotatable bonds is 6. The molecule has 2 rings (SSSR count). The molecule has 1 aromatic carbocycles. The molecule has 3 N–H and O–H groups in total. The van der Waals surface area contributed by atoms with Crippen molar-refractivity contribution in [1.82, 2.24) is 15.5 Å². The minimum Gasteiger partial charge on any atom is -0.387 e. The monoisotopic (exact) mass is 516 g/mol. The zero-order valence-corrected chi connectivity index (χ0v) is 20.5. The number of nitrogens with one attached hydrogen (secondary N) is 2. The van der Waals surface area contributed by atoms with E-state index in [4.69, 9.17) is 0 Å². The van der Waals surface area contributed by atoms with Gasteiger partial charge < -0.3 is 20.6 Å². The van der Waals surface area contributed by atoms with Crippen LogP contribution in [0.1, 0.15) is 64.2 Å². The smallest absolute Gasteiger partial charge is 0.244 e. The van der Waals surface area contributed by atoms with E-state index >= 15 is 0 Å². The Morgan fingerprint density at radius 3 is 2.31 bits per heavy atom. The molecule has 0 radical (unpaired) electrons. The van der Waals surface area contributed by atoms with Crippen LogP contribution < -0.4 is 10.6 Å². The number of carbonyl (C=O) groups is 1. The zero-order chi connectivity index (χ0) is 20.6. The second-order valence-corrected chi connectivity index (χ2v) is 8.41. The fourth-order valence-corrected chi connectivity index (χ4v) is 3.25. The van der Waals surface area contributed by atoms with Crippen molar-refractivity contribution in [2.24, 2.45) is 4.99 Å². The lowest BCUT2D eigenvalue weighted by molar-refractivity contribution is -0.130. The van der Waals surface area contributed by atoms with E-state index < -0.39 is 6.10 Å². The summed E-state index contributed by atoms with van der Waals surface area (Å²) in [7, 11) is 0. The van der Waals surface area contributed by atoms with Crippen LogP contribution >= 0.6 is 24.0 Å². The number of aliphatic hydroxyl groups is 1. The predicted octanol–water partition coefficient (Wildman–Crippen LogP) is 3.20. The SMILES string of the molecule is CCNC(=NCC(=O)N1CCCCC1)NCC(O)c1ccc(C(C)(C)C)cc1.I. The predicted molar refractivity (Wildman–Crippen MR) is 130 cm³/mol. The minimum absolute atomic E-state index is 0. The first kappa shape index (κ1) is 25.7. The number of amides is 1. The van der Waals surface area contributed by atoms with Crippen molar-refractivity contribution in [2.45, 2.75) is 58.5 Å². The van der Waals surface area contributed by atoms with Gasteiger partial charge in [0.05, 0.1) is 6.10 Å². The number of carbonyl (C=O) groups excluding carboxylic acids is 1. The van der Waals surface area contributed by atoms with Crippen molar-refractivity contribution in [1.29, 1.82) is 0 Å². The van der Waals surface area contributed by atoms with Gasteiger partial charge in [0.15, 0.2) is 5.96 Å². The van der Waals surface area contributed by atoms with Gasteiger partial charge in [-0.15, -0.1) is 24.0 Å².